The fourth-order valence-corrected chi connectivity index (χ4v) is 5.20. The van der Waals surface area contributed by atoms with Gasteiger partial charge in [0.05, 0.1) is 0 Å². The van der Waals surface area contributed by atoms with E-state index in [-0.39, 0.29) is 24.3 Å². The van der Waals surface area contributed by atoms with Crippen molar-refractivity contribution in [1.82, 2.24) is 0 Å². The molecule has 0 aliphatic heterocycles. The van der Waals surface area contributed by atoms with Crippen LogP contribution in [0.25, 0.3) is 0 Å². The zero-order valence-corrected chi connectivity index (χ0v) is 16.9. The molecule has 0 atom stereocenters. The number of aliphatic hydroxyl groups excluding tert-OH is 3. The van der Waals surface area contributed by atoms with Gasteiger partial charge in [-0.25, -0.2) is 0 Å². The van der Waals surface area contributed by atoms with Crippen LogP contribution in [-0.4, -0.2) is 59.2 Å². The molecule has 1 aromatic carbocycles. The van der Waals surface area contributed by atoms with Gasteiger partial charge in [0.15, 0.2) is 0 Å². The smallest absolute Gasteiger partial charge is 0.139 e. The summed E-state index contributed by atoms with van der Waals surface area (Å²) >= 11 is 1.88. The average Bonchev–Trinajstić information content (AvgIpc) is 2.55. The topological polar surface area (TPSA) is 69.9 Å². The summed E-state index contributed by atoms with van der Waals surface area (Å²) in [7, 11) is -2.23. The predicted molar refractivity (Wildman–Crippen MR) is 104 cm³/mol. The highest BCUT2D eigenvalue weighted by Gasteiger charge is 2.30. The van der Waals surface area contributed by atoms with Crippen LogP contribution in [-0.2, 0) is 6.42 Å². The lowest BCUT2D eigenvalue weighted by molar-refractivity contribution is 0.131. The Kier molecular flexibility index (Phi) is 9.37. The molecule has 3 N–H and O–H groups in total. The zero-order valence-electron chi connectivity index (χ0n) is 15.1. The van der Waals surface area contributed by atoms with Crippen molar-refractivity contribution in [2.75, 3.05) is 30.2 Å². The van der Waals surface area contributed by atoms with Crippen LogP contribution < -0.4 is 4.74 Å². The average molecular weight is 373 g/mol. The highest BCUT2D eigenvalue weighted by molar-refractivity contribution is 7.99. The van der Waals surface area contributed by atoms with Crippen LogP contribution in [0.15, 0.2) is 24.3 Å². The second-order valence-electron chi connectivity index (χ2n) is 7.30. The first-order valence-electron chi connectivity index (χ1n) is 8.52. The molecule has 0 aromatic heterocycles. The molecule has 0 fully saturated rings. The maximum absolute atomic E-state index is 9.35. The summed E-state index contributed by atoms with van der Waals surface area (Å²) in [5.41, 5.74) is 1.13. The van der Waals surface area contributed by atoms with Crippen molar-refractivity contribution in [3.05, 3.63) is 29.8 Å². The van der Waals surface area contributed by atoms with Gasteiger partial charge in [0.2, 0.25) is 0 Å². The van der Waals surface area contributed by atoms with Gasteiger partial charge in [-0.3, -0.25) is 0 Å². The van der Waals surface area contributed by atoms with Crippen molar-refractivity contribution in [2.24, 2.45) is 0 Å². The third-order valence-corrected chi connectivity index (χ3v) is 8.38. The number of aliphatic hydroxyl groups is 3. The summed E-state index contributed by atoms with van der Waals surface area (Å²) in [6.45, 7) is 6.12. The summed E-state index contributed by atoms with van der Waals surface area (Å²) < 4.78 is 5.82. The minimum absolute atomic E-state index is 0.0341. The number of hydrogen-bond donors (Lipinski definition) is 3. The molecule has 0 aliphatic rings. The van der Waals surface area contributed by atoms with E-state index in [4.69, 9.17) is 4.74 Å². The summed E-state index contributed by atoms with van der Waals surface area (Å²) in [4.78, 5) is 0. The van der Waals surface area contributed by atoms with Gasteiger partial charge in [-0.15, -0.1) is 0 Å². The molecule has 0 amide bonds. The number of thioether (sulfide) groups is 1. The van der Waals surface area contributed by atoms with Crippen LogP contribution in [0.5, 0.6) is 5.75 Å². The lowest BCUT2D eigenvalue weighted by Crippen LogP contribution is -2.48. The van der Waals surface area contributed by atoms with E-state index in [1.165, 1.54) is 5.56 Å². The van der Waals surface area contributed by atoms with Crippen LogP contribution >= 0.6 is 11.8 Å². The van der Waals surface area contributed by atoms with Crippen molar-refractivity contribution < 1.29 is 20.1 Å². The van der Waals surface area contributed by atoms with Crippen molar-refractivity contribution in [3.8, 4) is 5.75 Å². The van der Waals surface area contributed by atoms with Gasteiger partial charge < -0.3 is 20.1 Å². The Morgan fingerprint density at radius 2 is 1.54 bits per heavy atom. The largest absolute Gasteiger partial charge is 0.488 e. The fourth-order valence-electron chi connectivity index (χ4n) is 2.31. The number of ether oxygens (including phenoxy) is 1. The van der Waals surface area contributed by atoms with Crippen molar-refractivity contribution in [1.29, 1.82) is 0 Å². The second-order valence-corrected chi connectivity index (χ2v) is 13.0. The van der Waals surface area contributed by atoms with Gasteiger partial charge in [-0.1, -0.05) is 18.2 Å². The van der Waals surface area contributed by atoms with Gasteiger partial charge in [0, 0.05) is 18.7 Å². The minimum atomic E-state index is -2.23. The molecule has 6 heteroatoms. The normalized spacial score (nSPS) is 12.4. The Labute approximate surface area is 151 Å². The van der Waals surface area contributed by atoms with E-state index in [2.05, 4.69) is 12.1 Å². The van der Waals surface area contributed by atoms with Crippen LogP contribution in [0.1, 0.15) is 32.8 Å². The number of benzene rings is 1. The molecule has 1 rings (SSSR count). The Balaban J connectivity index is 2.24. The Morgan fingerprint density at radius 3 is 2.04 bits per heavy atom. The standard InChI is InChI=1S/C18H32O4SSi/c1-18(2,3)22-17-7-5-16(6-8-17)9-11-23-10-4-12-24(13-19,14-20)15-21/h5-8,19-21H,4,9-15H2,1-3H3. The van der Waals surface area contributed by atoms with E-state index in [0.29, 0.717) is 0 Å². The first kappa shape index (κ1) is 21.5. The van der Waals surface area contributed by atoms with E-state index in [1.54, 1.807) is 0 Å². The van der Waals surface area contributed by atoms with E-state index < -0.39 is 8.07 Å². The van der Waals surface area contributed by atoms with E-state index in [1.807, 2.05) is 44.7 Å². The molecule has 138 valence electrons. The molecule has 0 heterocycles. The molecular formula is C18H32O4SSi. The summed E-state index contributed by atoms with van der Waals surface area (Å²) in [6, 6.07) is 9.05. The molecule has 0 bridgehead atoms. The number of rotatable bonds is 11. The molecule has 24 heavy (non-hydrogen) atoms. The molecule has 0 radical (unpaired) electrons. The van der Waals surface area contributed by atoms with Crippen LogP contribution in [0, 0.1) is 0 Å². The first-order valence-corrected chi connectivity index (χ1v) is 12.5. The summed E-state index contributed by atoms with van der Waals surface area (Å²) in [5, 5.41) is 28.0. The molecule has 0 saturated heterocycles. The molecule has 0 unspecified atom stereocenters. The van der Waals surface area contributed by atoms with E-state index >= 15 is 0 Å². The maximum Gasteiger partial charge on any atom is 0.139 e. The lowest BCUT2D eigenvalue weighted by atomic mass is 10.1. The molecular weight excluding hydrogens is 340 g/mol. The predicted octanol–water partition coefficient (Wildman–Crippen LogP) is 2.57. The Hall–Kier alpha value is -0.533. The highest BCUT2D eigenvalue weighted by atomic mass is 32.2. The van der Waals surface area contributed by atoms with Crippen molar-refractivity contribution in [3.63, 3.8) is 0 Å². The third-order valence-electron chi connectivity index (χ3n) is 3.88. The zero-order chi connectivity index (χ0) is 18.1. The van der Waals surface area contributed by atoms with E-state index in [0.717, 1.165) is 36.1 Å². The van der Waals surface area contributed by atoms with Gasteiger partial charge >= 0.3 is 0 Å². The fraction of sp³-hybridized carbons (Fsp3) is 0.667. The molecule has 0 aliphatic carbocycles. The van der Waals surface area contributed by atoms with Crippen LogP contribution in [0.4, 0.5) is 0 Å². The van der Waals surface area contributed by atoms with Gasteiger partial charge in [0.25, 0.3) is 0 Å². The lowest BCUT2D eigenvalue weighted by Gasteiger charge is -2.24. The molecule has 4 nitrogen and oxygen atoms in total. The molecule has 0 saturated carbocycles. The van der Waals surface area contributed by atoms with E-state index in [9.17, 15) is 15.3 Å². The monoisotopic (exact) mass is 372 g/mol. The summed E-state index contributed by atoms with van der Waals surface area (Å²) in [6.07, 6.45) is 1.86. The van der Waals surface area contributed by atoms with Crippen LogP contribution in [0.3, 0.4) is 0 Å². The van der Waals surface area contributed by atoms with Gasteiger partial charge in [0.1, 0.15) is 19.4 Å². The quantitative estimate of drug-likeness (QED) is 0.411. The number of aryl methyl sites for hydroxylation is 1. The van der Waals surface area contributed by atoms with Gasteiger partial charge in [-0.05, 0) is 62.8 Å². The van der Waals surface area contributed by atoms with Crippen LogP contribution in [0.2, 0.25) is 6.04 Å². The maximum atomic E-state index is 9.35. The molecule has 0 spiro atoms. The van der Waals surface area contributed by atoms with Crippen molar-refractivity contribution in [2.45, 2.75) is 45.3 Å². The molecule has 1 aromatic rings. The first-order chi connectivity index (χ1) is 11.3. The highest BCUT2D eigenvalue weighted by Crippen LogP contribution is 2.20. The Morgan fingerprint density at radius 1 is 0.958 bits per heavy atom. The number of hydrogen-bond acceptors (Lipinski definition) is 5. The summed E-state index contributed by atoms with van der Waals surface area (Å²) in [5.74, 6) is 2.95. The minimum Gasteiger partial charge on any atom is -0.488 e. The second kappa shape index (κ2) is 10.5. The SMILES string of the molecule is CC(C)(C)Oc1ccc(CCSCCC[Si](CO)(CO)CO)cc1. The third kappa shape index (κ3) is 8.03. The Bertz CT molecular complexity index is 447. The van der Waals surface area contributed by atoms with Crippen molar-refractivity contribution >= 4 is 19.8 Å². The van der Waals surface area contributed by atoms with Gasteiger partial charge in [-0.2, -0.15) is 11.8 Å².